The largest absolute Gasteiger partial charge is 0.543 e. The van der Waals surface area contributed by atoms with E-state index >= 15 is 0 Å². The Morgan fingerprint density at radius 1 is 1.30 bits per heavy atom. The fourth-order valence-corrected chi connectivity index (χ4v) is 5.76. The second kappa shape index (κ2) is 11.9. The molecule has 40 heavy (non-hydrogen) atoms. The lowest BCUT2D eigenvalue weighted by atomic mass is 10.0. The molecule has 2 aromatic rings. The van der Waals surface area contributed by atoms with Crippen LogP contribution in [0.4, 0.5) is 18.3 Å². The van der Waals surface area contributed by atoms with Gasteiger partial charge in [-0.05, 0) is 0 Å². The summed E-state index contributed by atoms with van der Waals surface area (Å²) < 4.78 is 39.5. The number of thioether (sulfide) groups is 1. The molecule has 1 saturated heterocycles. The van der Waals surface area contributed by atoms with Crippen LogP contribution in [-0.2, 0) is 30.6 Å². The minimum Gasteiger partial charge on any atom is -0.543 e. The van der Waals surface area contributed by atoms with E-state index in [0.29, 0.717) is 16.9 Å². The van der Waals surface area contributed by atoms with Gasteiger partial charge in [-0.2, -0.15) is 13.2 Å². The number of anilines is 1. The molecular weight excluding hydrogens is 577 g/mol. The van der Waals surface area contributed by atoms with Crippen LogP contribution in [0.25, 0.3) is 0 Å². The molecule has 2 atom stereocenters. The summed E-state index contributed by atoms with van der Waals surface area (Å²) >= 11 is 1.84. The van der Waals surface area contributed by atoms with E-state index in [1.54, 1.807) is 40.5 Å². The lowest BCUT2D eigenvalue weighted by Crippen LogP contribution is -2.71. The molecule has 17 heteroatoms. The lowest BCUT2D eigenvalue weighted by molar-refractivity contribution is -0.689. The number of oxime groups is 1. The monoisotopic (exact) mass is 596 g/mol. The highest BCUT2D eigenvalue weighted by molar-refractivity contribution is 8.00. The van der Waals surface area contributed by atoms with Gasteiger partial charge in [0, 0.05) is 28.8 Å². The number of carboxylic acid groups (broad SMARTS) is 1. The summed E-state index contributed by atoms with van der Waals surface area (Å²) in [5.41, 5.74) is -0.550. The van der Waals surface area contributed by atoms with Gasteiger partial charge in [0.25, 0.3) is 11.8 Å². The first kappa shape index (κ1) is 28.8. The fourth-order valence-electron chi connectivity index (χ4n) is 3.73. The zero-order valence-electron chi connectivity index (χ0n) is 20.2. The van der Waals surface area contributed by atoms with E-state index in [1.807, 2.05) is 0 Å². The Labute approximate surface area is 232 Å². The second-order valence-corrected chi connectivity index (χ2v) is 10.1. The predicted molar refractivity (Wildman–Crippen MR) is 133 cm³/mol. The number of aliphatic carboxylic acids is 1. The van der Waals surface area contributed by atoms with Crippen molar-refractivity contribution in [3.8, 4) is 0 Å². The summed E-state index contributed by atoms with van der Waals surface area (Å²) in [4.78, 5) is 59.1. The van der Waals surface area contributed by atoms with Gasteiger partial charge in [-0.1, -0.05) is 23.9 Å². The molecule has 0 aromatic carbocycles. The summed E-state index contributed by atoms with van der Waals surface area (Å²) in [7, 11) is 0. The van der Waals surface area contributed by atoms with Crippen LogP contribution in [0.5, 0.6) is 0 Å². The molecule has 1 fully saturated rings. The highest BCUT2D eigenvalue weighted by Crippen LogP contribution is 2.40. The van der Waals surface area contributed by atoms with Crippen molar-refractivity contribution in [2.24, 2.45) is 5.16 Å². The molecule has 2 aliphatic heterocycles. The van der Waals surface area contributed by atoms with Gasteiger partial charge >= 0.3 is 12.1 Å². The van der Waals surface area contributed by atoms with Gasteiger partial charge in [-0.25, -0.2) is 9.55 Å². The molecule has 0 radical (unpaired) electrons. The average molecular weight is 597 g/mol. The van der Waals surface area contributed by atoms with Gasteiger partial charge in [0.15, 0.2) is 29.8 Å². The first-order valence-corrected chi connectivity index (χ1v) is 13.2. The van der Waals surface area contributed by atoms with Crippen LogP contribution < -0.4 is 20.3 Å². The molecule has 4 rings (SSSR count). The number of thiazole rings is 1. The number of β-lactam (4-membered cyclic amide) rings is 1. The van der Waals surface area contributed by atoms with Gasteiger partial charge in [0.2, 0.25) is 0 Å². The van der Waals surface area contributed by atoms with Crippen LogP contribution in [0.1, 0.15) is 5.69 Å². The maximum atomic E-state index is 13.1. The highest BCUT2D eigenvalue weighted by Gasteiger charge is 2.53. The van der Waals surface area contributed by atoms with Gasteiger partial charge in [0.05, 0.1) is 11.7 Å². The third kappa shape index (κ3) is 6.15. The van der Waals surface area contributed by atoms with Crippen molar-refractivity contribution < 1.29 is 46.9 Å². The summed E-state index contributed by atoms with van der Waals surface area (Å²) in [5, 5.41) is 19.6. The quantitative estimate of drug-likeness (QED) is 0.0965. The number of hydrogen-bond acceptors (Lipinski definition) is 10. The third-order valence-corrected chi connectivity index (χ3v) is 7.56. The highest BCUT2D eigenvalue weighted by atomic mass is 32.2. The van der Waals surface area contributed by atoms with Gasteiger partial charge < -0.3 is 20.1 Å². The van der Waals surface area contributed by atoms with Gasteiger partial charge in [-0.3, -0.25) is 24.6 Å². The average Bonchev–Trinajstić information content (AvgIpc) is 3.37. The number of carbonyl (C=O) groups is 4. The number of alkyl halides is 3. The van der Waals surface area contributed by atoms with E-state index in [1.165, 1.54) is 17.8 Å². The second-order valence-electron chi connectivity index (χ2n) is 8.16. The Bertz CT molecular complexity index is 1410. The number of amides is 3. The first-order chi connectivity index (χ1) is 19.0. The van der Waals surface area contributed by atoms with E-state index in [0.717, 1.165) is 10.3 Å². The Hall–Kier alpha value is -4.25. The van der Waals surface area contributed by atoms with Crippen LogP contribution in [0, 0.1) is 0 Å². The smallest absolute Gasteiger partial charge is 0.471 e. The number of carbonyl (C=O) groups excluding carboxylic acids is 4. The molecule has 1 unspecified atom stereocenters. The van der Waals surface area contributed by atoms with Crippen LogP contribution in [-0.4, -0.2) is 69.2 Å². The molecule has 0 saturated carbocycles. The van der Waals surface area contributed by atoms with Crippen molar-refractivity contribution >= 4 is 57.6 Å². The number of hydrogen-bond donors (Lipinski definition) is 2. The number of halogens is 3. The Morgan fingerprint density at radius 2 is 2.02 bits per heavy atom. The fraction of sp³-hybridized carbons (Fsp3) is 0.261. The van der Waals surface area contributed by atoms with Gasteiger partial charge in [-0.15, -0.1) is 23.1 Å². The molecule has 4 heterocycles. The van der Waals surface area contributed by atoms with Crippen molar-refractivity contribution in [1.29, 1.82) is 0 Å². The molecule has 2 N–H and O–H groups in total. The normalized spacial score (nSPS) is 18.9. The molecule has 210 valence electrons. The number of carboxylic acids is 1. The first-order valence-electron chi connectivity index (χ1n) is 11.3. The number of fused-ring (bicyclic) bond motifs is 1. The summed E-state index contributed by atoms with van der Waals surface area (Å²) in [6.45, 7) is 3.52. The van der Waals surface area contributed by atoms with Crippen molar-refractivity contribution in [1.82, 2.24) is 15.2 Å². The summed E-state index contributed by atoms with van der Waals surface area (Å²) in [6, 6.07) is 4.19. The van der Waals surface area contributed by atoms with Crippen LogP contribution in [0.15, 0.2) is 65.1 Å². The maximum Gasteiger partial charge on any atom is 0.471 e. The van der Waals surface area contributed by atoms with Crippen molar-refractivity contribution in [2.45, 2.75) is 24.1 Å². The van der Waals surface area contributed by atoms with E-state index < -0.39 is 52.1 Å². The van der Waals surface area contributed by atoms with Gasteiger partial charge in [0.1, 0.15) is 23.7 Å². The minimum atomic E-state index is -5.15. The lowest BCUT2D eigenvalue weighted by Gasteiger charge is -2.50. The Balaban J connectivity index is 1.51. The number of nitrogens with one attached hydrogen (secondary N) is 2. The molecular formula is C23H19F3N6O6S2. The molecule has 3 amide bonds. The molecule has 0 aliphatic carbocycles. The zero-order chi connectivity index (χ0) is 29.0. The number of pyridine rings is 1. The van der Waals surface area contributed by atoms with E-state index in [4.69, 9.17) is 4.84 Å². The number of rotatable bonds is 10. The molecule has 2 aliphatic rings. The summed E-state index contributed by atoms with van der Waals surface area (Å²) in [5.74, 6) is -5.22. The molecule has 12 nitrogen and oxygen atoms in total. The topological polar surface area (TPSA) is 157 Å². The van der Waals surface area contributed by atoms with Crippen LogP contribution in [0.3, 0.4) is 0 Å². The SMILES string of the molecule is C=CCON=C(C(=O)NC1C(=O)N2C(C(=O)[O-])=C(C[n+]3ccccc3)CS[C@@H]12)c1csc(NC(=O)C(F)(F)F)n1. The number of nitrogens with zero attached hydrogens (tertiary/aromatic N) is 4. The third-order valence-electron chi connectivity index (χ3n) is 5.47. The van der Waals surface area contributed by atoms with Crippen molar-refractivity contribution in [3.63, 3.8) is 0 Å². The molecule has 0 spiro atoms. The van der Waals surface area contributed by atoms with Crippen LogP contribution in [0.2, 0.25) is 0 Å². The van der Waals surface area contributed by atoms with E-state index in [-0.39, 0.29) is 30.3 Å². The Kier molecular flexibility index (Phi) is 8.53. The standard InChI is InChI=1S/C23H19F3N6O6S2/c1-2-8-38-30-14(13-11-40-22(27-13)29-21(37)23(24,25)26)17(33)28-15-18(34)32-16(20(35)36)12(10-39-19(15)32)9-31-6-4-3-5-7-31/h2-7,11,15,19H,1,8-10H2,(H2-,27,28,29,33,35,36,37)/t15?,19-/m0/s1. The van der Waals surface area contributed by atoms with E-state index in [2.05, 4.69) is 22.0 Å². The predicted octanol–water partition coefficient (Wildman–Crippen LogP) is -0.0578. The maximum absolute atomic E-state index is 13.1. The molecule has 0 bridgehead atoms. The summed E-state index contributed by atoms with van der Waals surface area (Å²) in [6.07, 6.45) is -0.351. The minimum absolute atomic E-state index is 0.130. The van der Waals surface area contributed by atoms with Crippen molar-refractivity contribution in [3.05, 3.63) is 65.6 Å². The van der Waals surface area contributed by atoms with E-state index in [9.17, 15) is 37.5 Å². The Morgan fingerprint density at radius 3 is 2.67 bits per heavy atom. The zero-order valence-corrected chi connectivity index (χ0v) is 21.8. The van der Waals surface area contributed by atoms with Crippen molar-refractivity contribution in [2.75, 3.05) is 17.7 Å². The molecule has 2 aromatic heterocycles. The number of aromatic nitrogens is 2. The van der Waals surface area contributed by atoms with Crippen LogP contribution >= 0.6 is 23.1 Å².